The van der Waals surface area contributed by atoms with Gasteiger partial charge >= 0.3 is 0 Å². The first-order valence-electron chi connectivity index (χ1n) is 9.22. The lowest BCUT2D eigenvalue weighted by Gasteiger charge is -2.23. The van der Waals surface area contributed by atoms with Gasteiger partial charge in [-0.2, -0.15) is 5.10 Å². The van der Waals surface area contributed by atoms with Crippen LogP contribution in [-0.4, -0.2) is 64.7 Å². The van der Waals surface area contributed by atoms with Crippen LogP contribution in [0.15, 0.2) is 11.2 Å². The van der Waals surface area contributed by atoms with Gasteiger partial charge in [0.2, 0.25) is 5.91 Å². The maximum absolute atomic E-state index is 12.2. The number of amides is 1. The summed E-state index contributed by atoms with van der Waals surface area (Å²) in [6.07, 6.45) is 4.27. The Morgan fingerprint density at radius 2 is 2.04 bits per heavy atom. The summed E-state index contributed by atoms with van der Waals surface area (Å²) in [5, 5.41) is 7.85. The maximum Gasteiger partial charge on any atom is 0.244 e. The Kier molecular flexibility index (Phi) is 9.38. The van der Waals surface area contributed by atoms with Crippen LogP contribution >= 0.6 is 24.0 Å². The topological polar surface area (TPSA) is 65.8 Å². The molecule has 1 aliphatic heterocycles. The molecule has 148 valence electrons. The summed E-state index contributed by atoms with van der Waals surface area (Å²) in [7, 11) is 3.95. The number of likely N-dealkylation sites (tertiary alicyclic amines) is 1. The number of nitrogens with one attached hydrogen (secondary N) is 1. The van der Waals surface area contributed by atoms with Crippen molar-refractivity contribution in [2.45, 2.75) is 46.1 Å². The Balaban J connectivity index is 0.00000338. The number of hydrogen-bond acceptors (Lipinski definition) is 3. The summed E-state index contributed by atoms with van der Waals surface area (Å²) in [5.41, 5.74) is 2.30. The average Bonchev–Trinajstić information content (AvgIpc) is 3.20. The van der Waals surface area contributed by atoms with E-state index >= 15 is 0 Å². The molecule has 0 saturated carbocycles. The van der Waals surface area contributed by atoms with E-state index in [4.69, 9.17) is 0 Å². The highest BCUT2D eigenvalue weighted by Gasteiger charge is 2.19. The second-order valence-corrected chi connectivity index (χ2v) is 6.98. The van der Waals surface area contributed by atoms with Crippen LogP contribution in [0, 0.1) is 0 Å². The standard InChI is InChI=1S/C18H32N6O.HI/c1-6-19-18(20-11-16(25)24-9-7-8-10-24)22(4)12-15-13-23(5)21-17(15)14(2)3;/h13-14H,6-12H2,1-5H3,(H,19,20);1H. The van der Waals surface area contributed by atoms with Crippen molar-refractivity contribution in [2.75, 3.05) is 33.2 Å². The number of aromatic nitrogens is 2. The van der Waals surface area contributed by atoms with E-state index in [2.05, 4.69) is 40.4 Å². The van der Waals surface area contributed by atoms with Crippen molar-refractivity contribution >= 4 is 35.8 Å². The van der Waals surface area contributed by atoms with Crippen LogP contribution in [0.4, 0.5) is 0 Å². The Morgan fingerprint density at radius 1 is 1.38 bits per heavy atom. The Labute approximate surface area is 174 Å². The van der Waals surface area contributed by atoms with Gasteiger partial charge in [0.25, 0.3) is 0 Å². The first kappa shape index (κ1) is 22.7. The quantitative estimate of drug-likeness (QED) is 0.389. The fourth-order valence-electron chi connectivity index (χ4n) is 3.17. The summed E-state index contributed by atoms with van der Waals surface area (Å²) >= 11 is 0. The van der Waals surface area contributed by atoms with Crippen LogP contribution in [0.5, 0.6) is 0 Å². The number of carbonyl (C=O) groups is 1. The van der Waals surface area contributed by atoms with Gasteiger partial charge in [-0.3, -0.25) is 9.48 Å². The molecule has 1 aromatic rings. The number of guanidine groups is 1. The minimum absolute atomic E-state index is 0. The number of aryl methyl sites for hydroxylation is 1. The van der Waals surface area contributed by atoms with Crippen molar-refractivity contribution in [1.82, 2.24) is 24.9 Å². The predicted molar refractivity (Wildman–Crippen MR) is 116 cm³/mol. The molecule has 1 saturated heterocycles. The van der Waals surface area contributed by atoms with Gasteiger partial charge in [-0.1, -0.05) is 13.8 Å². The van der Waals surface area contributed by atoms with Gasteiger partial charge < -0.3 is 15.1 Å². The van der Waals surface area contributed by atoms with Gasteiger partial charge in [-0.25, -0.2) is 4.99 Å². The minimum Gasteiger partial charge on any atom is -0.357 e. The molecule has 0 radical (unpaired) electrons. The number of nitrogens with zero attached hydrogens (tertiary/aromatic N) is 5. The molecular weight excluding hydrogens is 443 g/mol. The van der Waals surface area contributed by atoms with Crippen LogP contribution in [0.1, 0.15) is 50.8 Å². The first-order chi connectivity index (χ1) is 11.9. The Bertz CT molecular complexity index is 607. The highest BCUT2D eigenvalue weighted by Crippen LogP contribution is 2.18. The molecule has 0 spiro atoms. The third-order valence-corrected chi connectivity index (χ3v) is 4.41. The van der Waals surface area contributed by atoms with Gasteiger partial charge in [0.15, 0.2) is 5.96 Å². The van der Waals surface area contributed by atoms with Crippen LogP contribution < -0.4 is 5.32 Å². The van der Waals surface area contributed by atoms with E-state index in [1.807, 2.05) is 30.6 Å². The summed E-state index contributed by atoms with van der Waals surface area (Å²) in [6.45, 7) is 9.77. The van der Waals surface area contributed by atoms with Crippen molar-refractivity contribution < 1.29 is 4.79 Å². The van der Waals surface area contributed by atoms with E-state index in [-0.39, 0.29) is 36.4 Å². The molecule has 1 aromatic heterocycles. The molecule has 1 aliphatic rings. The molecular formula is C18H33IN6O. The largest absolute Gasteiger partial charge is 0.357 e. The molecule has 0 bridgehead atoms. The van der Waals surface area contributed by atoms with Crippen LogP contribution in [0.25, 0.3) is 0 Å². The van der Waals surface area contributed by atoms with Gasteiger partial charge in [-0.05, 0) is 25.7 Å². The van der Waals surface area contributed by atoms with E-state index < -0.39 is 0 Å². The molecule has 0 unspecified atom stereocenters. The van der Waals surface area contributed by atoms with Crippen molar-refractivity contribution in [2.24, 2.45) is 12.0 Å². The fourth-order valence-corrected chi connectivity index (χ4v) is 3.17. The zero-order valence-corrected chi connectivity index (χ0v) is 19.0. The molecule has 2 rings (SSSR count). The summed E-state index contributed by atoms with van der Waals surface area (Å²) < 4.78 is 1.86. The normalized spacial score (nSPS) is 14.5. The maximum atomic E-state index is 12.2. The second kappa shape index (κ2) is 10.7. The fraction of sp³-hybridized carbons (Fsp3) is 0.722. The smallest absolute Gasteiger partial charge is 0.244 e. The monoisotopic (exact) mass is 476 g/mol. The van der Waals surface area contributed by atoms with E-state index in [1.54, 1.807) is 0 Å². The number of rotatable bonds is 6. The number of carbonyl (C=O) groups excluding carboxylic acids is 1. The summed E-state index contributed by atoms with van der Waals surface area (Å²) in [6, 6.07) is 0. The van der Waals surface area contributed by atoms with E-state index in [9.17, 15) is 4.79 Å². The number of halogens is 1. The van der Waals surface area contributed by atoms with Crippen molar-refractivity contribution in [1.29, 1.82) is 0 Å². The molecule has 26 heavy (non-hydrogen) atoms. The third kappa shape index (κ3) is 6.14. The molecule has 0 aliphatic carbocycles. The van der Waals surface area contributed by atoms with Gasteiger partial charge in [0.1, 0.15) is 6.54 Å². The molecule has 7 nitrogen and oxygen atoms in total. The van der Waals surface area contributed by atoms with Gasteiger partial charge in [0.05, 0.1) is 5.69 Å². The minimum atomic E-state index is 0. The molecule has 1 amide bonds. The van der Waals surface area contributed by atoms with Crippen molar-refractivity contribution in [3.05, 3.63) is 17.5 Å². The summed E-state index contributed by atoms with van der Waals surface area (Å²) in [5.74, 6) is 1.25. The zero-order valence-electron chi connectivity index (χ0n) is 16.7. The molecule has 0 atom stereocenters. The molecule has 0 aromatic carbocycles. The number of aliphatic imine (C=N–C) groups is 1. The molecule has 1 N–H and O–H groups in total. The predicted octanol–water partition coefficient (Wildman–Crippen LogP) is 2.18. The highest BCUT2D eigenvalue weighted by atomic mass is 127. The van der Waals surface area contributed by atoms with E-state index in [0.29, 0.717) is 12.5 Å². The Morgan fingerprint density at radius 3 is 2.62 bits per heavy atom. The van der Waals surface area contributed by atoms with Crippen molar-refractivity contribution in [3.63, 3.8) is 0 Å². The van der Waals surface area contributed by atoms with Gasteiger partial charge in [-0.15, -0.1) is 24.0 Å². The average molecular weight is 476 g/mol. The summed E-state index contributed by atoms with van der Waals surface area (Å²) in [4.78, 5) is 20.8. The SMILES string of the molecule is CCNC(=NCC(=O)N1CCCC1)N(C)Cc1cn(C)nc1C(C)C.I. The molecule has 1 fully saturated rings. The highest BCUT2D eigenvalue weighted by molar-refractivity contribution is 14.0. The van der Waals surface area contributed by atoms with Crippen molar-refractivity contribution in [3.8, 4) is 0 Å². The first-order valence-corrected chi connectivity index (χ1v) is 9.22. The van der Waals surface area contributed by atoms with Gasteiger partial charge in [0, 0.05) is 52.0 Å². The van der Waals surface area contributed by atoms with Crippen LogP contribution in [0.3, 0.4) is 0 Å². The number of hydrogen-bond donors (Lipinski definition) is 1. The zero-order chi connectivity index (χ0) is 18.4. The lowest BCUT2D eigenvalue weighted by Crippen LogP contribution is -2.40. The van der Waals surface area contributed by atoms with Crippen LogP contribution in [-0.2, 0) is 18.4 Å². The third-order valence-electron chi connectivity index (χ3n) is 4.41. The van der Waals surface area contributed by atoms with E-state index in [1.165, 1.54) is 5.56 Å². The Hall–Kier alpha value is -1.32. The molecule has 2 heterocycles. The molecule has 8 heteroatoms. The van der Waals surface area contributed by atoms with E-state index in [0.717, 1.165) is 44.1 Å². The lowest BCUT2D eigenvalue weighted by molar-refractivity contribution is -0.128. The second-order valence-electron chi connectivity index (χ2n) is 6.98. The lowest BCUT2D eigenvalue weighted by atomic mass is 10.1. The van der Waals surface area contributed by atoms with Crippen LogP contribution in [0.2, 0.25) is 0 Å².